The van der Waals surface area contributed by atoms with E-state index in [1.165, 1.54) is 4.90 Å². The summed E-state index contributed by atoms with van der Waals surface area (Å²) in [6.45, 7) is 1.78. The highest BCUT2D eigenvalue weighted by Crippen LogP contribution is 2.41. The predicted molar refractivity (Wildman–Crippen MR) is 96.3 cm³/mol. The number of hydrogen-bond acceptors (Lipinski definition) is 2. The second-order valence-corrected chi connectivity index (χ2v) is 8.18. The van der Waals surface area contributed by atoms with Gasteiger partial charge in [-0.1, -0.05) is 15.9 Å². The van der Waals surface area contributed by atoms with Crippen LogP contribution < -0.4 is 0 Å². The largest absolute Gasteiger partial charge is 0.439 e. The lowest BCUT2D eigenvalue weighted by molar-refractivity contribution is -0.143. The van der Waals surface area contributed by atoms with Crippen LogP contribution in [0.25, 0.3) is 0 Å². The Morgan fingerprint density at radius 3 is 2.10 bits per heavy atom. The molecule has 0 aromatic heterocycles. The summed E-state index contributed by atoms with van der Waals surface area (Å²) >= 11 is 3.48. The maximum atomic E-state index is 13.1. The van der Waals surface area contributed by atoms with Crippen LogP contribution >= 0.6 is 15.9 Å². The van der Waals surface area contributed by atoms with Crippen molar-refractivity contribution in [3.63, 3.8) is 0 Å². The van der Waals surface area contributed by atoms with E-state index in [0.717, 1.165) is 35.7 Å². The summed E-state index contributed by atoms with van der Waals surface area (Å²) in [5.41, 5.74) is -2.20. The molecule has 1 aliphatic carbocycles. The van der Waals surface area contributed by atoms with Gasteiger partial charge in [-0.15, -0.1) is 0 Å². The highest BCUT2D eigenvalue weighted by molar-refractivity contribution is 9.11. The van der Waals surface area contributed by atoms with Crippen molar-refractivity contribution in [2.75, 3.05) is 6.54 Å². The third-order valence-electron chi connectivity index (χ3n) is 5.20. The van der Waals surface area contributed by atoms with Crippen LogP contribution in [0.15, 0.2) is 28.3 Å². The number of allylic oxidation sites excluding steroid dienone is 1. The van der Waals surface area contributed by atoms with Crippen LogP contribution in [0.2, 0.25) is 0 Å². The first kappa shape index (κ1) is 22.0. The molecule has 2 aliphatic rings. The first-order valence-corrected chi connectivity index (χ1v) is 9.80. The van der Waals surface area contributed by atoms with E-state index in [1.807, 2.05) is 0 Å². The molecule has 1 heterocycles. The Morgan fingerprint density at radius 2 is 1.59 bits per heavy atom. The predicted octanol–water partition coefficient (Wildman–Crippen LogP) is 6.83. The molecule has 160 valence electrons. The zero-order valence-electron chi connectivity index (χ0n) is 15.3. The number of alkyl halides is 6. The molecular weight excluding hydrogens is 468 g/mol. The minimum Gasteiger partial charge on any atom is -0.439 e. The third-order valence-corrected chi connectivity index (χ3v) is 6.16. The molecule has 3 nitrogen and oxygen atoms in total. The maximum absolute atomic E-state index is 13.1. The van der Waals surface area contributed by atoms with E-state index in [4.69, 9.17) is 4.74 Å². The molecule has 1 aromatic rings. The molecule has 0 radical (unpaired) electrons. The summed E-state index contributed by atoms with van der Waals surface area (Å²) in [7, 11) is 0. The van der Waals surface area contributed by atoms with Crippen molar-refractivity contribution in [1.82, 2.24) is 4.90 Å². The Kier molecular flexibility index (Phi) is 5.95. The van der Waals surface area contributed by atoms with Gasteiger partial charge < -0.3 is 4.74 Å². The Morgan fingerprint density at radius 1 is 1.03 bits per heavy atom. The molecule has 1 aliphatic heterocycles. The molecule has 1 amide bonds. The molecule has 2 unspecified atom stereocenters. The number of rotatable bonds is 3. The van der Waals surface area contributed by atoms with Crippen molar-refractivity contribution < 1.29 is 35.9 Å². The molecule has 0 N–H and O–H groups in total. The van der Waals surface area contributed by atoms with Gasteiger partial charge in [-0.05, 0) is 66.4 Å². The standard InChI is InChI=1S/C19H18BrF6NO2/c1-10-16(29-17(28)27(10)9-11-4-2-3-5-15(11)20)12-6-13(18(21,22)23)8-14(7-12)19(24,25)26/h6-8,10,16H,2-5,9H2,1H3. The number of halogens is 7. The molecule has 10 heteroatoms. The van der Waals surface area contributed by atoms with Gasteiger partial charge in [0.15, 0.2) is 0 Å². The van der Waals surface area contributed by atoms with Gasteiger partial charge in [0.05, 0.1) is 17.2 Å². The molecular formula is C19H18BrF6NO2. The summed E-state index contributed by atoms with van der Waals surface area (Å²) in [5, 5.41) is 0. The average Bonchev–Trinajstić information content (AvgIpc) is 2.90. The fraction of sp³-hybridized carbons (Fsp3) is 0.526. The number of hydrogen-bond donors (Lipinski definition) is 0. The lowest BCUT2D eigenvalue weighted by atomic mass is 9.96. The summed E-state index contributed by atoms with van der Waals surface area (Å²) in [6.07, 6.45) is -8.34. The molecule has 0 saturated carbocycles. The number of carbonyl (C=O) groups excluding carboxylic acids is 1. The van der Waals surface area contributed by atoms with Crippen LogP contribution in [0.4, 0.5) is 31.1 Å². The normalized spacial score (nSPS) is 23.6. The lowest BCUT2D eigenvalue weighted by Gasteiger charge is -2.25. The van der Waals surface area contributed by atoms with E-state index in [9.17, 15) is 31.1 Å². The Balaban J connectivity index is 1.93. The van der Waals surface area contributed by atoms with Crippen LogP contribution in [0.1, 0.15) is 55.4 Å². The van der Waals surface area contributed by atoms with Crippen LogP contribution in [-0.4, -0.2) is 23.6 Å². The fourth-order valence-electron chi connectivity index (χ4n) is 3.60. The molecule has 1 saturated heterocycles. The van der Waals surface area contributed by atoms with Crippen molar-refractivity contribution in [2.45, 2.75) is 57.1 Å². The molecule has 1 fully saturated rings. The topological polar surface area (TPSA) is 29.5 Å². The second-order valence-electron chi connectivity index (χ2n) is 7.23. The lowest BCUT2D eigenvalue weighted by Crippen LogP contribution is -2.34. The van der Waals surface area contributed by atoms with Crippen molar-refractivity contribution in [3.05, 3.63) is 44.9 Å². The van der Waals surface area contributed by atoms with Crippen LogP contribution in [0.5, 0.6) is 0 Å². The molecule has 0 spiro atoms. The van der Waals surface area contributed by atoms with Crippen molar-refractivity contribution in [2.24, 2.45) is 0 Å². The van der Waals surface area contributed by atoms with Gasteiger partial charge in [0, 0.05) is 6.54 Å². The minimum absolute atomic E-state index is 0.0622. The van der Waals surface area contributed by atoms with Crippen LogP contribution in [-0.2, 0) is 17.1 Å². The Bertz CT molecular complexity index is 801. The summed E-state index contributed by atoms with van der Waals surface area (Å²) in [4.78, 5) is 13.7. The van der Waals surface area contributed by atoms with Gasteiger partial charge in [0.1, 0.15) is 6.10 Å². The van der Waals surface area contributed by atoms with Gasteiger partial charge in [-0.2, -0.15) is 26.3 Å². The summed E-state index contributed by atoms with van der Waals surface area (Å²) < 4.78 is 84.9. The second kappa shape index (κ2) is 7.85. The number of ether oxygens (including phenoxy) is 1. The van der Waals surface area contributed by atoms with E-state index in [0.29, 0.717) is 12.1 Å². The fourth-order valence-corrected chi connectivity index (χ4v) is 4.21. The smallest absolute Gasteiger partial charge is 0.416 e. The van der Waals surface area contributed by atoms with Gasteiger partial charge >= 0.3 is 18.4 Å². The summed E-state index contributed by atoms with van der Waals surface area (Å²) in [5.74, 6) is 0. The van der Waals surface area contributed by atoms with Crippen molar-refractivity contribution in [3.8, 4) is 0 Å². The summed E-state index contributed by atoms with van der Waals surface area (Å²) in [6, 6.07) is 0.570. The van der Waals surface area contributed by atoms with E-state index in [1.54, 1.807) is 6.92 Å². The molecule has 29 heavy (non-hydrogen) atoms. The zero-order chi connectivity index (χ0) is 21.6. The Hall–Kier alpha value is -1.71. The number of carbonyl (C=O) groups is 1. The molecule has 3 rings (SSSR count). The SMILES string of the molecule is CC1C(c2cc(C(F)(F)F)cc(C(F)(F)F)c2)OC(=O)N1CC1=C(Br)CCCC1. The van der Waals surface area contributed by atoms with Gasteiger partial charge in [0.2, 0.25) is 0 Å². The molecule has 1 aromatic carbocycles. The Labute approximate surface area is 171 Å². The number of nitrogens with zero attached hydrogens (tertiary/aromatic N) is 1. The first-order valence-electron chi connectivity index (χ1n) is 9.01. The van der Waals surface area contributed by atoms with Crippen LogP contribution in [0.3, 0.4) is 0 Å². The van der Waals surface area contributed by atoms with Gasteiger partial charge in [-0.25, -0.2) is 4.79 Å². The third kappa shape index (κ3) is 4.73. The van der Waals surface area contributed by atoms with Crippen LogP contribution in [0, 0.1) is 0 Å². The van der Waals surface area contributed by atoms with Gasteiger partial charge in [-0.3, -0.25) is 4.90 Å². The van der Waals surface area contributed by atoms with Crippen molar-refractivity contribution in [1.29, 1.82) is 0 Å². The monoisotopic (exact) mass is 485 g/mol. The minimum atomic E-state index is -4.96. The number of amides is 1. The highest BCUT2D eigenvalue weighted by atomic mass is 79.9. The van der Waals surface area contributed by atoms with E-state index in [-0.39, 0.29) is 18.2 Å². The molecule has 2 atom stereocenters. The number of cyclic esters (lactones) is 1. The molecule has 0 bridgehead atoms. The van der Waals surface area contributed by atoms with E-state index >= 15 is 0 Å². The first-order chi connectivity index (χ1) is 13.4. The highest BCUT2D eigenvalue weighted by Gasteiger charge is 2.43. The zero-order valence-corrected chi connectivity index (χ0v) is 16.9. The number of benzene rings is 1. The quantitative estimate of drug-likeness (QED) is 0.439. The van der Waals surface area contributed by atoms with Gasteiger partial charge in [0.25, 0.3) is 0 Å². The van der Waals surface area contributed by atoms with E-state index < -0.39 is 41.7 Å². The average molecular weight is 486 g/mol. The maximum Gasteiger partial charge on any atom is 0.416 e. The van der Waals surface area contributed by atoms with E-state index in [2.05, 4.69) is 15.9 Å². The van der Waals surface area contributed by atoms with Crippen molar-refractivity contribution >= 4 is 22.0 Å².